The number of amides is 3. The molecule has 1 heterocycles. The summed E-state index contributed by atoms with van der Waals surface area (Å²) >= 11 is 0. The summed E-state index contributed by atoms with van der Waals surface area (Å²) < 4.78 is 16.2. The lowest BCUT2D eigenvalue weighted by Gasteiger charge is -2.56. The Balaban J connectivity index is 1.11. The number of benzene rings is 1. The molecule has 6 rings (SSSR count). The van der Waals surface area contributed by atoms with E-state index in [4.69, 9.17) is 14.2 Å². The lowest BCUT2D eigenvalue weighted by atomic mass is 9.53. The first-order valence-electron chi connectivity index (χ1n) is 10.4. The summed E-state index contributed by atoms with van der Waals surface area (Å²) in [5, 5.41) is 3.16. The number of carbonyl (C=O) groups excluding carboxylic acids is 2. The van der Waals surface area contributed by atoms with E-state index >= 15 is 0 Å². The van der Waals surface area contributed by atoms with Crippen molar-refractivity contribution in [2.75, 3.05) is 6.79 Å². The predicted molar refractivity (Wildman–Crippen MR) is 103 cm³/mol. The fourth-order valence-corrected chi connectivity index (χ4v) is 5.96. The van der Waals surface area contributed by atoms with Crippen LogP contribution in [0.3, 0.4) is 0 Å². The Bertz CT molecular complexity index is 791. The van der Waals surface area contributed by atoms with Crippen LogP contribution in [-0.4, -0.2) is 30.4 Å². The Hall–Kier alpha value is -2.64. The molecule has 8 heteroatoms. The number of hydrogen-bond acceptors (Lipinski definition) is 5. The van der Waals surface area contributed by atoms with E-state index in [1.807, 2.05) is 0 Å². The highest BCUT2D eigenvalue weighted by Gasteiger charge is 2.51. The van der Waals surface area contributed by atoms with Crippen molar-refractivity contribution in [1.82, 2.24) is 16.2 Å². The third-order valence-corrected chi connectivity index (χ3v) is 6.74. The molecule has 3 N–H and O–H groups in total. The molecule has 4 aliphatic carbocycles. The quantitative estimate of drug-likeness (QED) is 0.674. The monoisotopic (exact) mass is 401 g/mol. The van der Waals surface area contributed by atoms with Crippen molar-refractivity contribution in [3.05, 3.63) is 18.2 Å². The molecule has 1 aromatic rings. The molecule has 3 amide bonds. The molecule has 0 saturated heterocycles. The molecule has 1 aromatic carbocycles. The van der Waals surface area contributed by atoms with Gasteiger partial charge in [-0.15, -0.1) is 0 Å². The number of ether oxygens (including phenoxy) is 3. The Kier molecular flexibility index (Phi) is 4.44. The molecule has 5 aliphatic rings. The molecule has 8 nitrogen and oxygen atoms in total. The van der Waals surface area contributed by atoms with E-state index in [-0.39, 0.29) is 18.4 Å². The summed E-state index contributed by atoms with van der Waals surface area (Å²) in [6, 6.07) is 4.78. The van der Waals surface area contributed by atoms with Gasteiger partial charge in [-0.2, -0.15) is 0 Å². The third-order valence-electron chi connectivity index (χ3n) is 6.74. The molecule has 1 atom stereocenters. The lowest BCUT2D eigenvalue weighted by molar-refractivity contribution is -0.128. The van der Waals surface area contributed by atoms with Gasteiger partial charge in [-0.25, -0.2) is 10.2 Å². The van der Waals surface area contributed by atoms with Crippen LogP contribution in [0.1, 0.15) is 45.4 Å². The van der Waals surface area contributed by atoms with Crippen LogP contribution in [0.5, 0.6) is 17.2 Å². The average Bonchev–Trinajstić information content (AvgIpc) is 3.12. The fraction of sp³-hybridized carbons (Fsp3) is 0.619. The molecule has 0 aromatic heterocycles. The Morgan fingerprint density at radius 2 is 1.69 bits per heavy atom. The van der Waals surface area contributed by atoms with Crippen LogP contribution in [-0.2, 0) is 4.79 Å². The van der Waals surface area contributed by atoms with E-state index < -0.39 is 12.0 Å². The van der Waals surface area contributed by atoms with Crippen molar-refractivity contribution in [3.8, 4) is 17.2 Å². The summed E-state index contributed by atoms with van der Waals surface area (Å²) in [7, 11) is 0. The van der Waals surface area contributed by atoms with E-state index in [0.29, 0.717) is 17.2 Å². The number of urea groups is 1. The van der Waals surface area contributed by atoms with Crippen LogP contribution in [0.15, 0.2) is 18.2 Å². The van der Waals surface area contributed by atoms with E-state index in [0.717, 1.165) is 37.0 Å². The maximum absolute atomic E-state index is 12.4. The molecule has 0 unspecified atom stereocenters. The minimum Gasteiger partial charge on any atom is -0.481 e. The molecular weight excluding hydrogens is 374 g/mol. The number of fused-ring (bicyclic) bond motifs is 1. The topological polar surface area (TPSA) is 97.9 Å². The molecule has 1 aliphatic heterocycles. The number of hydrazine groups is 1. The second-order valence-corrected chi connectivity index (χ2v) is 9.04. The minimum absolute atomic E-state index is 0.0990. The maximum atomic E-state index is 12.4. The van der Waals surface area contributed by atoms with E-state index in [1.165, 1.54) is 19.3 Å². The van der Waals surface area contributed by atoms with E-state index in [9.17, 15) is 9.59 Å². The summed E-state index contributed by atoms with van der Waals surface area (Å²) in [5.74, 6) is 3.53. The van der Waals surface area contributed by atoms with Gasteiger partial charge in [0, 0.05) is 11.6 Å². The van der Waals surface area contributed by atoms with E-state index in [2.05, 4.69) is 16.2 Å². The van der Waals surface area contributed by atoms with Gasteiger partial charge in [0.1, 0.15) is 5.75 Å². The zero-order valence-corrected chi connectivity index (χ0v) is 16.5. The summed E-state index contributed by atoms with van der Waals surface area (Å²) in [6.07, 6.45) is 6.34. The van der Waals surface area contributed by atoms with Crippen LogP contribution < -0.4 is 30.4 Å². The molecule has 156 valence electrons. The van der Waals surface area contributed by atoms with Crippen molar-refractivity contribution in [2.45, 2.75) is 57.1 Å². The van der Waals surface area contributed by atoms with Crippen LogP contribution in [0.2, 0.25) is 0 Å². The Morgan fingerprint density at radius 3 is 2.38 bits per heavy atom. The molecule has 0 radical (unpaired) electrons. The summed E-state index contributed by atoms with van der Waals surface area (Å²) in [4.78, 5) is 24.7. The average molecular weight is 401 g/mol. The van der Waals surface area contributed by atoms with E-state index in [1.54, 1.807) is 25.1 Å². The maximum Gasteiger partial charge on any atom is 0.333 e. The van der Waals surface area contributed by atoms with Crippen LogP contribution in [0.4, 0.5) is 4.79 Å². The first kappa shape index (κ1) is 18.4. The van der Waals surface area contributed by atoms with Gasteiger partial charge in [0.2, 0.25) is 6.79 Å². The highest BCUT2D eigenvalue weighted by Crippen LogP contribution is 2.55. The zero-order valence-electron chi connectivity index (χ0n) is 16.5. The lowest BCUT2D eigenvalue weighted by Crippen LogP contribution is -2.63. The van der Waals surface area contributed by atoms with Gasteiger partial charge in [0.05, 0.1) is 0 Å². The van der Waals surface area contributed by atoms with Crippen molar-refractivity contribution >= 4 is 11.9 Å². The van der Waals surface area contributed by atoms with Gasteiger partial charge >= 0.3 is 6.03 Å². The van der Waals surface area contributed by atoms with Crippen LogP contribution in [0.25, 0.3) is 0 Å². The second-order valence-electron chi connectivity index (χ2n) is 9.04. The normalized spacial score (nSPS) is 31.8. The first-order valence-corrected chi connectivity index (χ1v) is 10.4. The minimum atomic E-state index is -0.782. The predicted octanol–water partition coefficient (Wildman–Crippen LogP) is 2.48. The Labute approximate surface area is 169 Å². The molecule has 0 spiro atoms. The van der Waals surface area contributed by atoms with Crippen LogP contribution >= 0.6 is 0 Å². The van der Waals surface area contributed by atoms with Crippen LogP contribution in [0, 0.1) is 17.8 Å². The van der Waals surface area contributed by atoms with Crippen molar-refractivity contribution in [3.63, 3.8) is 0 Å². The number of hydrogen-bond donors (Lipinski definition) is 3. The van der Waals surface area contributed by atoms with Crippen molar-refractivity contribution < 1.29 is 23.8 Å². The third kappa shape index (κ3) is 3.68. The number of rotatable bonds is 4. The van der Waals surface area contributed by atoms with Gasteiger partial charge in [-0.05, 0) is 75.3 Å². The molecule has 4 saturated carbocycles. The van der Waals surface area contributed by atoms with Gasteiger partial charge in [-0.3, -0.25) is 10.2 Å². The van der Waals surface area contributed by atoms with Gasteiger partial charge in [0.25, 0.3) is 5.91 Å². The van der Waals surface area contributed by atoms with Gasteiger partial charge in [0.15, 0.2) is 17.6 Å². The Morgan fingerprint density at radius 1 is 1.03 bits per heavy atom. The highest BCUT2D eigenvalue weighted by molar-refractivity contribution is 5.84. The molecule has 29 heavy (non-hydrogen) atoms. The second kappa shape index (κ2) is 7.00. The zero-order chi connectivity index (χ0) is 20.0. The largest absolute Gasteiger partial charge is 0.481 e. The highest BCUT2D eigenvalue weighted by atomic mass is 16.7. The van der Waals surface area contributed by atoms with Gasteiger partial charge < -0.3 is 19.5 Å². The first-order chi connectivity index (χ1) is 14.0. The molecular formula is C21H27N3O5. The summed E-state index contributed by atoms with van der Waals surface area (Å²) in [5.41, 5.74) is 4.85. The standard InChI is InChI=1S/C21H27N3O5/c1-12(29-16-2-3-17-18(7-16)28-11-27-17)19(25)23-24-20(26)22-21-8-13-4-14(9-21)6-15(5-13)10-21/h2-3,7,12-15H,4-6,8-11H2,1H3,(H,23,25)(H2,22,24,26)/t12-,13?,14?,15?,21?/m0/s1. The number of carbonyl (C=O) groups is 2. The summed E-state index contributed by atoms with van der Waals surface area (Å²) in [6.45, 7) is 1.80. The smallest absolute Gasteiger partial charge is 0.333 e. The fourth-order valence-electron chi connectivity index (χ4n) is 5.96. The SMILES string of the molecule is C[C@H](Oc1ccc2c(c1)OCO2)C(=O)NNC(=O)NC12CC3CC(CC(C3)C1)C2. The van der Waals surface area contributed by atoms with Gasteiger partial charge in [-0.1, -0.05) is 0 Å². The molecule has 4 bridgehead atoms. The van der Waals surface area contributed by atoms with Crippen molar-refractivity contribution in [1.29, 1.82) is 0 Å². The molecule has 4 fully saturated rings. The van der Waals surface area contributed by atoms with Crippen molar-refractivity contribution in [2.24, 2.45) is 17.8 Å². The number of nitrogens with one attached hydrogen (secondary N) is 3.